The fourth-order valence-corrected chi connectivity index (χ4v) is 3.85. The van der Waals surface area contributed by atoms with E-state index in [1.165, 1.54) is 18.2 Å². The van der Waals surface area contributed by atoms with E-state index in [0.717, 1.165) is 10.5 Å². The van der Waals surface area contributed by atoms with E-state index in [1.54, 1.807) is 24.3 Å². The van der Waals surface area contributed by atoms with Gasteiger partial charge >= 0.3 is 6.18 Å². The van der Waals surface area contributed by atoms with Crippen molar-refractivity contribution < 1.29 is 18.0 Å². The predicted octanol–water partition coefficient (Wildman–Crippen LogP) is 7.39. The van der Waals surface area contributed by atoms with Crippen molar-refractivity contribution >= 4 is 68.0 Å². The fourth-order valence-electron chi connectivity index (χ4n) is 2.88. The van der Waals surface area contributed by atoms with Gasteiger partial charge in [-0.3, -0.25) is 4.79 Å². The van der Waals surface area contributed by atoms with Gasteiger partial charge in [-0.25, -0.2) is 9.50 Å². The topological polar surface area (TPSA) is 59.3 Å². The molecule has 0 unspecified atom stereocenters. The predicted molar refractivity (Wildman–Crippen MR) is 121 cm³/mol. The van der Waals surface area contributed by atoms with E-state index in [1.807, 2.05) is 0 Å². The lowest BCUT2D eigenvalue weighted by Gasteiger charge is -2.11. The molecular weight excluding hydrogens is 556 g/mol. The van der Waals surface area contributed by atoms with E-state index in [-0.39, 0.29) is 27.1 Å². The zero-order valence-corrected chi connectivity index (χ0v) is 19.4. The van der Waals surface area contributed by atoms with Crippen LogP contribution in [-0.4, -0.2) is 20.5 Å². The minimum absolute atomic E-state index is 0.0202. The van der Waals surface area contributed by atoms with Gasteiger partial charge in [-0.2, -0.15) is 18.3 Å². The number of carbonyl (C=O) groups excluding carboxylic acids is 1. The summed E-state index contributed by atoms with van der Waals surface area (Å²) in [6.07, 6.45) is -4.78. The highest BCUT2D eigenvalue weighted by atomic mass is 79.9. The summed E-state index contributed by atoms with van der Waals surface area (Å²) in [5, 5.41) is 6.39. The van der Waals surface area contributed by atoms with Crippen molar-refractivity contribution in [3.63, 3.8) is 0 Å². The molecule has 0 atom stereocenters. The molecule has 0 saturated heterocycles. The third kappa shape index (κ3) is 4.43. The van der Waals surface area contributed by atoms with E-state index in [0.29, 0.717) is 15.1 Å². The first-order chi connectivity index (χ1) is 15.0. The molecule has 0 aliphatic carbocycles. The van der Waals surface area contributed by atoms with Crippen LogP contribution in [0.25, 0.3) is 16.9 Å². The molecule has 12 heteroatoms. The third-order valence-electron chi connectivity index (χ3n) is 4.36. The van der Waals surface area contributed by atoms with Gasteiger partial charge in [0.25, 0.3) is 5.91 Å². The third-order valence-corrected chi connectivity index (χ3v) is 5.78. The van der Waals surface area contributed by atoms with Gasteiger partial charge in [0.1, 0.15) is 5.02 Å². The second-order valence-electron chi connectivity index (χ2n) is 6.51. The van der Waals surface area contributed by atoms with Gasteiger partial charge in [-0.1, -0.05) is 62.9 Å². The lowest BCUT2D eigenvalue weighted by atomic mass is 10.1. The quantitative estimate of drug-likeness (QED) is 0.282. The first-order valence-corrected chi connectivity index (χ1v) is 10.7. The molecule has 0 aliphatic rings. The molecule has 0 fully saturated rings. The summed E-state index contributed by atoms with van der Waals surface area (Å²) in [4.78, 5) is 16.9. The smallest absolute Gasteiger partial charge is 0.319 e. The van der Waals surface area contributed by atoms with Gasteiger partial charge in [0.05, 0.1) is 16.4 Å². The SMILES string of the molecule is O=C(Nc1ccc(Cl)cc1Cl)c1nn2c(C(F)(F)F)cc(-c3ccc(Br)cc3)nc2c1Cl. The Morgan fingerprint density at radius 2 is 1.72 bits per heavy atom. The van der Waals surface area contributed by atoms with E-state index in [2.05, 4.69) is 31.3 Å². The number of halogens is 7. The number of nitrogens with zero attached hydrogens (tertiary/aromatic N) is 3. The first kappa shape index (κ1) is 22.8. The van der Waals surface area contributed by atoms with Gasteiger partial charge in [-0.15, -0.1) is 0 Å². The molecule has 0 aliphatic heterocycles. The Balaban J connectivity index is 1.84. The Labute approximate surface area is 202 Å². The summed E-state index contributed by atoms with van der Waals surface area (Å²) in [5.74, 6) is -0.858. The number of benzene rings is 2. The summed E-state index contributed by atoms with van der Waals surface area (Å²) in [6.45, 7) is 0. The maximum absolute atomic E-state index is 13.8. The van der Waals surface area contributed by atoms with E-state index >= 15 is 0 Å². The number of alkyl halides is 3. The minimum Gasteiger partial charge on any atom is -0.319 e. The van der Waals surface area contributed by atoms with E-state index in [9.17, 15) is 18.0 Å². The molecule has 164 valence electrons. The second kappa shape index (κ2) is 8.55. The Hall–Kier alpha value is -2.33. The molecule has 1 amide bonds. The Morgan fingerprint density at radius 1 is 1.03 bits per heavy atom. The molecule has 0 radical (unpaired) electrons. The summed E-state index contributed by atoms with van der Waals surface area (Å²) in [7, 11) is 0. The van der Waals surface area contributed by atoms with Crippen LogP contribution in [0.2, 0.25) is 15.1 Å². The molecule has 5 nitrogen and oxygen atoms in total. The Bertz CT molecular complexity index is 1360. The molecule has 0 spiro atoms. The maximum Gasteiger partial charge on any atom is 0.433 e. The summed E-state index contributed by atoms with van der Waals surface area (Å²) >= 11 is 21.4. The molecule has 2 aromatic carbocycles. The van der Waals surface area contributed by atoms with Crippen molar-refractivity contribution in [3.8, 4) is 11.3 Å². The number of amides is 1. The van der Waals surface area contributed by atoms with E-state index < -0.39 is 23.5 Å². The van der Waals surface area contributed by atoms with Crippen LogP contribution in [0.5, 0.6) is 0 Å². The van der Waals surface area contributed by atoms with Crippen molar-refractivity contribution in [3.05, 3.63) is 79.5 Å². The number of nitrogens with one attached hydrogen (secondary N) is 1. The zero-order chi connectivity index (χ0) is 23.2. The van der Waals surface area contributed by atoms with Crippen LogP contribution in [0, 0.1) is 0 Å². The van der Waals surface area contributed by atoms with Crippen molar-refractivity contribution in [1.82, 2.24) is 14.6 Å². The number of hydrogen-bond donors (Lipinski definition) is 1. The summed E-state index contributed by atoms with van der Waals surface area (Å²) in [6, 6.07) is 11.7. The number of aromatic nitrogens is 3. The highest BCUT2D eigenvalue weighted by Gasteiger charge is 2.36. The molecule has 1 N–H and O–H groups in total. The maximum atomic E-state index is 13.8. The average molecular weight is 565 g/mol. The number of anilines is 1. The van der Waals surface area contributed by atoms with Gasteiger partial charge in [0.15, 0.2) is 17.0 Å². The molecule has 0 bridgehead atoms. The van der Waals surface area contributed by atoms with Crippen LogP contribution >= 0.6 is 50.7 Å². The Kier molecular flexibility index (Phi) is 6.10. The van der Waals surface area contributed by atoms with Gasteiger partial charge < -0.3 is 5.32 Å². The van der Waals surface area contributed by atoms with Gasteiger partial charge in [-0.05, 0) is 36.4 Å². The lowest BCUT2D eigenvalue weighted by Crippen LogP contribution is -2.16. The largest absolute Gasteiger partial charge is 0.433 e. The van der Waals surface area contributed by atoms with Crippen LogP contribution in [0.3, 0.4) is 0 Å². The molecule has 4 rings (SSSR count). The Morgan fingerprint density at radius 3 is 2.34 bits per heavy atom. The minimum atomic E-state index is -4.78. The molecule has 32 heavy (non-hydrogen) atoms. The summed E-state index contributed by atoms with van der Waals surface area (Å²) < 4.78 is 42.6. The van der Waals surface area contributed by atoms with Gasteiger partial charge in [0.2, 0.25) is 0 Å². The zero-order valence-electron chi connectivity index (χ0n) is 15.5. The normalized spacial score (nSPS) is 11.7. The highest BCUT2D eigenvalue weighted by molar-refractivity contribution is 9.10. The van der Waals surface area contributed by atoms with Crippen molar-refractivity contribution in [2.24, 2.45) is 0 Å². The average Bonchev–Trinajstić information content (AvgIpc) is 3.06. The first-order valence-electron chi connectivity index (χ1n) is 8.73. The molecular formula is C20H9BrCl3F3N4O. The summed E-state index contributed by atoms with van der Waals surface area (Å²) in [5.41, 5.74) is -1.25. The lowest BCUT2D eigenvalue weighted by molar-refractivity contribution is -0.142. The van der Waals surface area contributed by atoms with Crippen molar-refractivity contribution in [1.29, 1.82) is 0 Å². The van der Waals surface area contributed by atoms with E-state index in [4.69, 9.17) is 34.8 Å². The van der Waals surface area contributed by atoms with Crippen LogP contribution in [0.4, 0.5) is 18.9 Å². The van der Waals surface area contributed by atoms with Crippen LogP contribution in [-0.2, 0) is 6.18 Å². The fraction of sp³-hybridized carbons (Fsp3) is 0.0500. The van der Waals surface area contributed by atoms with Crippen LogP contribution in [0.15, 0.2) is 53.0 Å². The number of fused-ring (bicyclic) bond motifs is 1. The van der Waals surface area contributed by atoms with Crippen LogP contribution in [0.1, 0.15) is 16.2 Å². The molecule has 0 saturated carbocycles. The number of carbonyl (C=O) groups is 1. The number of hydrogen-bond acceptors (Lipinski definition) is 3. The molecule has 4 aromatic rings. The van der Waals surface area contributed by atoms with Crippen molar-refractivity contribution in [2.45, 2.75) is 6.18 Å². The highest BCUT2D eigenvalue weighted by Crippen LogP contribution is 2.35. The van der Waals surface area contributed by atoms with Crippen molar-refractivity contribution in [2.75, 3.05) is 5.32 Å². The van der Waals surface area contributed by atoms with Crippen LogP contribution < -0.4 is 5.32 Å². The molecule has 2 heterocycles. The second-order valence-corrected chi connectivity index (χ2v) is 8.64. The monoisotopic (exact) mass is 562 g/mol. The van der Waals surface area contributed by atoms with Gasteiger partial charge in [0, 0.05) is 15.1 Å². The number of rotatable bonds is 3. The molecule has 2 aromatic heterocycles. The standard InChI is InChI=1S/C20H9BrCl3F3N4O/c21-10-3-1-9(2-4-10)14-8-15(20(25,26)27)31-18(28-14)16(24)17(30-31)19(32)29-13-6-5-11(22)7-12(13)23/h1-8H,(H,29,32).